The van der Waals surface area contributed by atoms with Gasteiger partial charge in [-0.05, 0) is 36.4 Å². The Morgan fingerprint density at radius 1 is 1.04 bits per heavy atom. The van der Waals surface area contributed by atoms with Crippen LogP contribution in [0.3, 0.4) is 0 Å². The quantitative estimate of drug-likeness (QED) is 0.388. The number of amides is 1. The summed E-state index contributed by atoms with van der Waals surface area (Å²) in [6.45, 7) is 0. The van der Waals surface area contributed by atoms with E-state index in [1.54, 1.807) is 31.4 Å². The number of fused-ring (bicyclic) bond motifs is 1. The number of carbonyl (C=O) groups is 1. The molecule has 28 heavy (non-hydrogen) atoms. The van der Waals surface area contributed by atoms with Crippen LogP contribution in [0.1, 0.15) is 15.9 Å². The Morgan fingerprint density at radius 3 is 2.54 bits per heavy atom. The first-order valence-electron chi connectivity index (χ1n) is 8.25. The molecule has 0 spiro atoms. The maximum atomic E-state index is 12.3. The summed E-state index contributed by atoms with van der Waals surface area (Å²) in [5.74, 6) is 1.29. The predicted molar refractivity (Wildman–Crippen MR) is 108 cm³/mol. The van der Waals surface area contributed by atoms with Gasteiger partial charge in [0.25, 0.3) is 5.91 Å². The molecule has 1 aromatic heterocycles. The summed E-state index contributed by atoms with van der Waals surface area (Å²) in [6, 6.07) is 12.2. The van der Waals surface area contributed by atoms with Crippen molar-refractivity contribution < 1.29 is 19.0 Å². The summed E-state index contributed by atoms with van der Waals surface area (Å²) >= 11 is 6.22. The molecule has 0 aliphatic heterocycles. The van der Waals surface area contributed by atoms with Crippen molar-refractivity contribution in [1.82, 2.24) is 10.4 Å². The summed E-state index contributed by atoms with van der Waals surface area (Å²) < 4.78 is 15.5. The molecule has 0 fully saturated rings. The molecule has 3 aromatic rings. The third-order valence-electron chi connectivity index (χ3n) is 4.02. The lowest BCUT2D eigenvalue weighted by molar-refractivity contribution is 0.0954. The summed E-state index contributed by atoms with van der Waals surface area (Å²) in [7, 11) is 4.62. The molecule has 0 aliphatic carbocycles. The second-order valence-corrected chi connectivity index (χ2v) is 6.05. The second kappa shape index (κ2) is 8.58. The number of rotatable bonds is 6. The number of hydrazone groups is 1. The van der Waals surface area contributed by atoms with Crippen LogP contribution in [0.5, 0.6) is 17.2 Å². The first-order valence-corrected chi connectivity index (χ1v) is 8.63. The Morgan fingerprint density at radius 2 is 1.82 bits per heavy atom. The van der Waals surface area contributed by atoms with E-state index in [9.17, 15) is 4.79 Å². The van der Waals surface area contributed by atoms with Gasteiger partial charge in [-0.3, -0.25) is 4.79 Å². The monoisotopic (exact) mass is 399 g/mol. The molecular formula is C20H18ClN3O4. The van der Waals surface area contributed by atoms with Gasteiger partial charge in [0, 0.05) is 22.6 Å². The van der Waals surface area contributed by atoms with Crippen molar-refractivity contribution in [2.75, 3.05) is 21.3 Å². The summed E-state index contributed by atoms with van der Waals surface area (Å²) in [5, 5.41) is 5.11. The number of benzene rings is 2. The molecule has 0 saturated heterocycles. The van der Waals surface area contributed by atoms with Crippen LogP contribution in [0, 0.1) is 0 Å². The average Bonchev–Trinajstić information content (AvgIpc) is 2.72. The molecule has 1 amide bonds. The topological polar surface area (TPSA) is 82.0 Å². The van der Waals surface area contributed by atoms with E-state index in [-0.39, 0.29) is 5.15 Å². The van der Waals surface area contributed by atoms with Crippen molar-refractivity contribution in [3.8, 4) is 17.2 Å². The predicted octanol–water partition coefficient (Wildman–Crippen LogP) is 3.68. The highest BCUT2D eigenvalue weighted by Crippen LogP contribution is 2.27. The van der Waals surface area contributed by atoms with E-state index in [2.05, 4.69) is 15.5 Å². The van der Waals surface area contributed by atoms with Gasteiger partial charge in [-0.1, -0.05) is 11.6 Å². The van der Waals surface area contributed by atoms with Gasteiger partial charge in [-0.25, -0.2) is 10.4 Å². The van der Waals surface area contributed by atoms with Crippen LogP contribution in [-0.2, 0) is 0 Å². The Labute approximate surface area is 166 Å². The molecule has 0 unspecified atom stereocenters. The first kappa shape index (κ1) is 19.4. The van der Waals surface area contributed by atoms with Crippen molar-refractivity contribution in [2.24, 2.45) is 5.10 Å². The van der Waals surface area contributed by atoms with Gasteiger partial charge in [0.15, 0.2) is 11.5 Å². The molecule has 0 aliphatic rings. The molecule has 0 saturated carbocycles. The number of hydrogen-bond donors (Lipinski definition) is 1. The van der Waals surface area contributed by atoms with Crippen molar-refractivity contribution in [3.05, 3.63) is 58.7 Å². The number of ether oxygens (including phenoxy) is 3. The van der Waals surface area contributed by atoms with Crippen molar-refractivity contribution in [1.29, 1.82) is 0 Å². The highest BCUT2D eigenvalue weighted by Gasteiger charge is 2.10. The maximum absolute atomic E-state index is 12.3. The smallest absolute Gasteiger partial charge is 0.271 e. The maximum Gasteiger partial charge on any atom is 0.271 e. The molecule has 0 bridgehead atoms. The van der Waals surface area contributed by atoms with Crippen LogP contribution in [-0.4, -0.2) is 38.4 Å². The van der Waals surface area contributed by atoms with E-state index in [1.165, 1.54) is 20.4 Å². The van der Waals surface area contributed by atoms with Gasteiger partial charge in [-0.15, -0.1) is 0 Å². The number of pyridine rings is 1. The van der Waals surface area contributed by atoms with Crippen LogP contribution < -0.4 is 19.6 Å². The third-order valence-corrected chi connectivity index (χ3v) is 4.32. The third kappa shape index (κ3) is 4.15. The molecule has 3 rings (SSSR count). The standard InChI is InChI=1S/C20H18ClN3O4/c1-26-15-6-4-12-8-14(19(21)23-16(12)10-15)11-22-24-20(25)13-5-7-17(27-2)18(9-13)28-3/h4-11H,1-3H3,(H,24,25). The fraction of sp³-hybridized carbons (Fsp3) is 0.150. The zero-order valence-electron chi connectivity index (χ0n) is 15.5. The van der Waals surface area contributed by atoms with Gasteiger partial charge in [0.2, 0.25) is 0 Å². The molecule has 144 valence electrons. The van der Waals surface area contributed by atoms with Gasteiger partial charge >= 0.3 is 0 Å². The highest BCUT2D eigenvalue weighted by atomic mass is 35.5. The van der Waals surface area contributed by atoms with Crippen LogP contribution in [0.25, 0.3) is 10.9 Å². The van der Waals surface area contributed by atoms with E-state index in [1.807, 2.05) is 18.2 Å². The zero-order valence-corrected chi connectivity index (χ0v) is 16.3. The van der Waals surface area contributed by atoms with E-state index in [0.29, 0.717) is 33.9 Å². The minimum absolute atomic E-state index is 0.268. The number of methoxy groups -OCH3 is 3. The van der Waals surface area contributed by atoms with Gasteiger partial charge in [0.1, 0.15) is 10.9 Å². The SMILES string of the molecule is COc1ccc2cc(C=NNC(=O)c3ccc(OC)c(OC)c3)c(Cl)nc2c1. The molecule has 1 N–H and O–H groups in total. The van der Waals surface area contributed by atoms with Crippen molar-refractivity contribution in [3.63, 3.8) is 0 Å². The minimum atomic E-state index is -0.396. The molecule has 8 heteroatoms. The number of nitrogens with one attached hydrogen (secondary N) is 1. The summed E-state index contributed by atoms with van der Waals surface area (Å²) in [5.41, 5.74) is 4.12. The minimum Gasteiger partial charge on any atom is -0.497 e. The molecule has 0 atom stereocenters. The number of hydrogen-bond acceptors (Lipinski definition) is 6. The Balaban J connectivity index is 1.77. The van der Waals surface area contributed by atoms with Crippen LogP contribution in [0.4, 0.5) is 0 Å². The van der Waals surface area contributed by atoms with Gasteiger partial charge in [-0.2, -0.15) is 5.10 Å². The van der Waals surface area contributed by atoms with E-state index in [0.717, 1.165) is 5.39 Å². The lowest BCUT2D eigenvalue weighted by Gasteiger charge is -2.08. The molecule has 0 radical (unpaired) electrons. The Kier molecular flexibility index (Phi) is 5.96. The fourth-order valence-corrected chi connectivity index (χ4v) is 2.75. The van der Waals surface area contributed by atoms with E-state index in [4.69, 9.17) is 25.8 Å². The highest BCUT2D eigenvalue weighted by molar-refractivity contribution is 6.32. The molecular weight excluding hydrogens is 382 g/mol. The zero-order chi connectivity index (χ0) is 20.1. The first-order chi connectivity index (χ1) is 13.5. The van der Waals surface area contributed by atoms with Gasteiger partial charge < -0.3 is 14.2 Å². The number of carbonyl (C=O) groups excluding carboxylic acids is 1. The molecule has 1 heterocycles. The van der Waals surface area contributed by atoms with E-state index >= 15 is 0 Å². The lowest BCUT2D eigenvalue weighted by atomic mass is 10.1. The molecule has 2 aromatic carbocycles. The Hall–Kier alpha value is -3.32. The largest absolute Gasteiger partial charge is 0.497 e. The van der Waals surface area contributed by atoms with E-state index < -0.39 is 5.91 Å². The number of halogens is 1. The lowest BCUT2D eigenvalue weighted by Crippen LogP contribution is -2.17. The summed E-state index contributed by atoms with van der Waals surface area (Å²) in [6.07, 6.45) is 1.44. The Bertz CT molecular complexity index is 1050. The fourth-order valence-electron chi connectivity index (χ4n) is 2.56. The number of nitrogens with zero attached hydrogens (tertiary/aromatic N) is 2. The van der Waals surface area contributed by atoms with Crippen LogP contribution in [0.15, 0.2) is 47.6 Å². The normalized spacial score (nSPS) is 10.9. The average molecular weight is 400 g/mol. The van der Waals surface area contributed by atoms with Crippen LogP contribution in [0.2, 0.25) is 5.15 Å². The molecule has 7 nitrogen and oxygen atoms in total. The van der Waals surface area contributed by atoms with Gasteiger partial charge in [0.05, 0.1) is 33.1 Å². The summed E-state index contributed by atoms with van der Waals surface area (Å²) in [4.78, 5) is 16.6. The number of aromatic nitrogens is 1. The van der Waals surface area contributed by atoms with Crippen LogP contribution >= 0.6 is 11.6 Å². The van der Waals surface area contributed by atoms with Crippen molar-refractivity contribution >= 4 is 34.6 Å². The van der Waals surface area contributed by atoms with Crippen molar-refractivity contribution in [2.45, 2.75) is 0 Å². The second-order valence-electron chi connectivity index (χ2n) is 5.70.